The predicted octanol–water partition coefficient (Wildman–Crippen LogP) is 4.10. The fraction of sp³-hybridized carbons (Fsp3) is 0.292. The number of carbonyl (C=O) groups excluding carboxylic acids is 2. The molecule has 0 atom stereocenters. The monoisotopic (exact) mass is 419 g/mol. The molecule has 0 aliphatic carbocycles. The van der Waals surface area contributed by atoms with E-state index in [1.165, 1.54) is 0 Å². The molecular formula is C24H25N3O4. The highest BCUT2D eigenvalue weighted by atomic mass is 16.5. The summed E-state index contributed by atoms with van der Waals surface area (Å²) in [6.45, 7) is 3.34. The number of amides is 1. The lowest BCUT2D eigenvalue weighted by molar-refractivity contribution is -0.149. The Morgan fingerprint density at radius 1 is 1.10 bits per heavy atom. The van der Waals surface area contributed by atoms with Gasteiger partial charge in [-0.2, -0.15) is 5.26 Å². The first-order valence-corrected chi connectivity index (χ1v) is 10.3. The zero-order valence-electron chi connectivity index (χ0n) is 17.4. The van der Waals surface area contributed by atoms with Gasteiger partial charge in [0.25, 0.3) is 5.91 Å². The molecule has 7 heteroatoms. The third-order valence-corrected chi connectivity index (χ3v) is 4.92. The van der Waals surface area contributed by atoms with Gasteiger partial charge in [-0.3, -0.25) is 9.59 Å². The lowest BCUT2D eigenvalue weighted by Gasteiger charge is -2.30. The minimum absolute atomic E-state index is 0.0131. The number of nitrogens with one attached hydrogen (secondary N) is 1. The summed E-state index contributed by atoms with van der Waals surface area (Å²) < 4.78 is 10.8. The molecule has 160 valence electrons. The highest BCUT2D eigenvalue weighted by molar-refractivity contribution is 6.06. The van der Waals surface area contributed by atoms with Crippen molar-refractivity contribution in [2.24, 2.45) is 5.92 Å². The van der Waals surface area contributed by atoms with Gasteiger partial charge in [-0.25, -0.2) is 0 Å². The van der Waals surface area contributed by atoms with Crippen LogP contribution in [0.25, 0.3) is 0 Å². The van der Waals surface area contributed by atoms with Gasteiger partial charge in [-0.15, -0.1) is 0 Å². The average Bonchev–Trinajstić information content (AvgIpc) is 2.80. The number of nitriles is 1. The fourth-order valence-electron chi connectivity index (χ4n) is 3.27. The Balaban J connectivity index is 1.55. The summed E-state index contributed by atoms with van der Waals surface area (Å²) in [6.07, 6.45) is 2.83. The van der Waals surface area contributed by atoms with Gasteiger partial charge < -0.3 is 19.7 Å². The first-order chi connectivity index (χ1) is 15.1. The van der Waals surface area contributed by atoms with Crippen LogP contribution in [-0.2, 0) is 14.3 Å². The maximum atomic E-state index is 12.5. The maximum absolute atomic E-state index is 12.5. The van der Waals surface area contributed by atoms with Crippen LogP contribution in [0.1, 0.15) is 19.8 Å². The molecule has 0 bridgehead atoms. The van der Waals surface area contributed by atoms with Crippen LogP contribution in [0.4, 0.5) is 5.69 Å². The van der Waals surface area contributed by atoms with E-state index in [0.717, 1.165) is 5.75 Å². The molecule has 3 rings (SSSR count). The number of likely N-dealkylation sites (tertiary alicyclic amines) is 1. The lowest BCUT2D eigenvalue weighted by atomic mass is 9.97. The minimum Gasteiger partial charge on any atom is -0.466 e. The van der Waals surface area contributed by atoms with E-state index in [1.54, 1.807) is 37.4 Å². The topological polar surface area (TPSA) is 91.7 Å². The molecule has 2 aromatic carbocycles. The van der Waals surface area contributed by atoms with Crippen LogP contribution >= 0.6 is 0 Å². The summed E-state index contributed by atoms with van der Waals surface area (Å²) in [4.78, 5) is 26.3. The van der Waals surface area contributed by atoms with E-state index >= 15 is 0 Å². The third kappa shape index (κ3) is 6.34. The van der Waals surface area contributed by atoms with Crippen LogP contribution in [0.2, 0.25) is 0 Å². The Morgan fingerprint density at radius 2 is 1.74 bits per heavy atom. The van der Waals surface area contributed by atoms with E-state index in [1.807, 2.05) is 41.3 Å². The van der Waals surface area contributed by atoms with Gasteiger partial charge in [0.2, 0.25) is 0 Å². The summed E-state index contributed by atoms with van der Waals surface area (Å²) in [5, 5.41) is 12.2. The number of para-hydroxylation sites is 1. The molecule has 2 aromatic rings. The van der Waals surface area contributed by atoms with Crippen LogP contribution in [0.5, 0.6) is 11.5 Å². The van der Waals surface area contributed by atoms with Gasteiger partial charge in [0, 0.05) is 25.0 Å². The Morgan fingerprint density at radius 3 is 2.35 bits per heavy atom. The van der Waals surface area contributed by atoms with Crippen molar-refractivity contribution in [1.82, 2.24) is 4.90 Å². The van der Waals surface area contributed by atoms with Crippen LogP contribution in [0.3, 0.4) is 0 Å². The summed E-state index contributed by atoms with van der Waals surface area (Å²) in [5.74, 6) is 0.585. The zero-order chi connectivity index (χ0) is 22.1. The molecule has 1 heterocycles. The van der Waals surface area contributed by atoms with Crippen LogP contribution in [0, 0.1) is 17.2 Å². The van der Waals surface area contributed by atoms with E-state index in [0.29, 0.717) is 44.0 Å². The second-order valence-corrected chi connectivity index (χ2v) is 7.11. The number of ether oxygens (including phenoxy) is 2. The molecule has 31 heavy (non-hydrogen) atoms. The van der Waals surface area contributed by atoms with Gasteiger partial charge >= 0.3 is 5.97 Å². The molecule has 1 N–H and O–H groups in total. The smallest absolute Gasteiger partial charge is 0.309 e. The van der Waals surface area contributed by atoms with E-state index in [2.05, 4.69) is 5.32 Å². The summed E-state index contributed by atoms with van der Waals surface area (Å²) in [7, 11) is 0. The Hall–Kier alpha value is -3.79. The van der Waals surface area contributed by atoms with Crippen molar-refractivity contribution in [3.63, 3.8) is 0 Å². The van der Waals surface area contributed by atoms with Gasteiger partial charge in [-0.05, 0) is 56.2 Å². The summed E-state index contributed by atoms with van der Waals surface area (Å²) in [5.41, 5.74) is 0.576. The molecule has 0 spiro atoms. The molecule has 0 unspecified atom stereocenters. The van der Waals surface area contributed by atoms with Crippen molar-refractivity contribution in [2.45, 2.75) is 19.8 Å². The van der Waals surface area contributed by atoms with E-state index in [4.69, 9.17) is 9.47 Å². The molecule has 0 aromatic heterocycles. The van der Waals surface area contributed by atoms with Crippen molar-refractivity contribution >= 4 is 17.6 Å². The van der Waals surface area contributed by atoms with E-state index in [9.17, 15) is 14.9 Å². The van der Waals surface area contributed by atoms with E-state index in [-0.39, 0.29) is 17.5 Å². The number of anilines is 1. The molecule has 0 saturated carbocycles. The van der Waals surface area contributed by atoms with Crippen LogP contribution in [-0.4, -0.2) is 36.5 Å². The summed E-state index contributed by atoms with van der Waals surface area (Å²) in [6, 6.07) is 18.3. The van der Waals surface area contributed by atoms with Crippen molar-refractivity contribution in [1.29, 1.82) is 5.26 Å². The van der Waals surface area contributed by atoms with Gasteiger partial charge in [0.15, 0.2) is 0 Å². The van der Waals surface area contributed by atoms with E-state index < -0.39 is 5.91 Å². The van der Waals surface area contributed by atoms with Crippen molar-refractivity contribution < 1.29 is 19.1 Å². The number of nitrogens with zero attached hydrogens (tertiary/aromatic N) is 2. The third-order valence-electron chi connectivity index (χ3n) is 4.92. The normalized spacial score (nSPS) is 14.5. The first kappa shape index (κ1) is 21.9. The minimum atomic E-state index is -0.480. The van der Waals surface area contributed by atoms with Crippen molar-refractivity contribution in [3.8, 4) is 17.6 Å². The Labute approximate surface area is 181 Å². The number of rotatable bonds is 7. The molecule has 1 saturated heterocycles. The van der Waals surface area contributed by atoms with Gasteiger partial charge in [-0.1, -0.05) is 18.2 Å². The highest BCUT2D eigenvalue weighted by Crippen LogP contribution is 2.23. The Kier molecular flexibility index (Phi) is 7.66. The molecule has 1 amide bonds. The number of benzene rings is 2. The fourth-order valence-corrected chi connectivity index (χ4v) is 3.27. The molecule has 1 fully saturated rings. The molecule has 1 aliphatic rings. The Bertz CT molecular complexity index is 957. The largest absolute Gasteiger partial charge is 0.466 e. The number of esters is 1. The maximum Gasteiger partial charge on any atom is 0.309 e. The number of hydrogen-bond acceptors (Lipinski definition) is 6. The lowest BCUT2D eigenvalue weighted by Crippen LogP contribution is -2.34. The van der Waals surface area contributed by atoms with Gasteiger partial charge in [0.1, 0.15) is 23.1 Å². The summed E-state index contributed by atoms with van der Waals surface area (Å²) >= 11 is 0. The van der Waals surface area contributed by atoms with Gasteiger partial charge in [0.05, 0.1) is 12.5 Å². The second-order valence-electron chi connectivity index (χ2n) is 7.11. The molecule has 0 radical (unpaired) electrons. The highest BCUT2D eigenvalue weighted by Gasteiger charge is 2.25. The number of hydrogen-bond donors (Lipinski definition) is 1. The quantitative estimate of drug-likeness (QED) is 0.413. The predicted molar refractivity (Wildman–Crippen MR) is 116 cm³/mol. The average molecular weight is 419 g/mol. The standard InChI is InChI=1S/C24H25N3O4/c1-2-30-24(29)18-12-14-27(15-13-18)17-19(16-25)23(28)26-20-8-10-22(11-9-20)31-21-6-4-3-5-7-21/h3-11,17-18H,2,12-15H2,1H3,(H,26,28)/b19-17-. The first-order valence-electron chi connectivity index (χ1n) is 10.3. The molecule has 1 aliphatic heterocycles. The molecule has 7 nitrogen and oxygen atoms in total. The zero-order valence-corrected chi connectivity index (χ0v) is 17.4. The number of piperidine rings is 1. The SMILES string of the molecule is CCOC(=O)C1CCN(/C=C(/C#N)C(=O)Nc2ccc(Oc3ccccc3)cc2)CC1. The van der Waals surface area contributed by atoms with Crippen molar-refractivity contribution in [2.75, 3.05) is 25.0 Å². The second kappa shape index (κ2) is 10.8. The van der Waals surface area contributed by atoms with Crippen molar-refractivity contribution in [3.05, 3.63) is 66.4 Å². The number of carbonyl (C=O) groups is 2. The van der Waals surface area contributed by atoms with Crippen LogP contribution in [0.15, 0.2) is 66.4 Å². The van der Waals surface area contributed by atoms with Crippen LogP contribution < -0.4 is 10.1 Å². The molecular weight excluding hydrogens is 394 g/mol.